The summed E-state index contributed by atoms with van der Waals surface area (Å²) in [5, 5.41) is 2.85. The number of halogens is 3. The fourth-order valence-electron chi connectivity index (χ4n) is 3.34. The van der Waals surface area contributed by atoms with Gasteiger partial charge in [0.05, 0.1) is 17.4 Å². The van der Waals surface area contributed by atoms with Gasteiger partial charge in [0.2, 0.25) is 5.91 Å². The molecule has 0 radical (unpaired) electrons. The Morgan fingerprint density at radius 2 is 1.82 bits per heavy atom. The molecule has 1 unspecified atom stereocenters. The van der Waals surface area contributed by atoms with Crippen LogP contribution in [0.4, 0.5) is 18.9 Å². The Morgan fingerprint density at radius 1 is 1.11 bits per heavy atom. The molecule has 1 fully saturated rings. The Balaban J connectivity index is 1.60. The van der Waals surface area contributed by atoms with Crippen LogP contribution in [0, 0.1) is 5.92 Å². The summed E-state index contributed by atoms with van der Waals surface area (Å²) in [5.41, 5.74) is 1.65. The number of alkyl halides is 3. The highest BCUT2D eigenvalue weighted by Crippen LogP contribution is 2.32. The lowest BCUT2D eigenvalue weighted by atomic mass is 9.96. The fourth-order valence-corrected chi connectivity index (χ4v) is 4.11. The number of carbonyl (C=O) groups excluding carboxylic acids is 1. The lowest BCUT2D eigenvalue weighted by Gasteiger charge is -2.32. The molecule has 1 aliphatic rings. The maximum Gasteiger partial charge on any atom is 0.398 e. The number of nitrogens with zero attached hydrogens (tertiary/aromatic N) is 1. The van der Waals surface area contributed by atoms with Crippen LogP contribution in [0.1, 0.15) is 18.4 Å². The standard InChI is InChI=1S/C21H23F3N2OS/c22-21(23,24)15-28-19-11-5-4-10-18(19)25-20(27)17-9-6-12-26(14-17)13-16-7-2-1-3-8-16/h1-5,7-8,10-11,17H,6,9,12-15H2,(H,25,27). The van der Waals surface area contributed by atoms with Gasteiger partial charge >= 0.3 is 6.18 Å². The van der Waals surface area contributed by atoms with Gasteiger partial charge in [0.15, 0.2) is 0 Å². The summed E-state index contributed by atoms with van der Waals surface area (Å²) in [6.07, 6.45) is -2.53. The van der Waals surface area contributed by atoms with Crippen molar-refractivity contribution in [3.63, 3.8) is 0 Å². The van der Waals surface area contributed by atoms with Gasteiger partial charge in [-0.15, -0.1) is 11.8 Å². The molecule has 1 atom stereocenters. The first-order valence-electron chi connectivity index (χ1n) is 9.26. The second-order valence-corrected chi connectivity index (χ2v) is 7.97. The van der Waals surface area contributed by atoms with E-state index in [1.807, 2.05) is 18.2 Å². The number of rotatable bonds is 6. The Labute approximate surface area is 167 Å². The van der Waals surface area contributed by atoms with E-state index in [0.717, 1.165) is 25.9 Å². The van der Waals surface area contributed by atoms with Crippen LogP contribution in [0.2, 0.25) is 0 Å². The summed E-state index contributed by atoms with van der Waals surface area (Å²) in [5.74, 6) is -1.27. The minimum absolute atomic E-state index is 0.127. The molecular formula is C21H23F3N2OS. The lowest BCUT2D eigenvalue weighted by molar-refractivity contribution is -0.121. The van der Waals surface area contributed by atoms with Crippen LogP contribution in [0.25, 0.3) is 0 Å². The van der Waals surface area contributed by atoms with Crippen LogP contribution in [-0.4, -0.2) is 35.8 Å². The third kappa shape index (κ3) is 6.27. The maximum atomic E-state index is 12.7. The van der Waals surface area contributed by atoms with E-state index in [1.54, 1.807) is 24.3 Å². The summed E-state index contributed by atoms with van der Waals surface area (Å²) in [4.78, 5) is 15.4. The van der Waals surface area contributed by atoms with Gasteiger partial charge in [-0.2, -0.15) is 13.2 Å². The van der Waals surface area contributed by atoms with E-state index >= 15 is 0 Å². The Hall–Kier alpha value is -1.99. The molecule has 28 heavy (non-hydrogen) atoms. The van der Waals surface area contributed by atoms with Crippen molar-refractivity contribution in [1.82, 2.24) is 4.90 Å². The molecule has 2 aromatic rings. The largest absolute Gasteiger partial charge is 0.398 e. The van der Waals surface area contributed by atoms with Crippen molar-refractivity contribution >= 4 is 23.4 Å². The van der Waals surface area contributed by atoms with Crippen LogP contribution in [0.5, 0.6) is 0 Å². The van der Waals surface area contributed by atoms with Crippen molar-refractivity contribution < 1.29 is 18.0 Å². The smallest absolute Gasteiger partial charge is 0.325 e. The lowest BCUT2D eigenvalue weighted by Crippen LogP contribution is -2.40. The first-order valence-corrected chi connectivity index (χ1v) is 10.2. The normalized spacial score (nSPS) is 18.0. The van der Waals surface area contributed by atoms with E-state index in [9.17, 15) is 18.0 Å². The maximum absolute atomic E-state index is 12.7. The number of carbonyl (C=O) groups is 1. The van der Waals surface area contributed by atoms with E-state index < -0.39 is 11.9 Å². The fraction of sp³-hybridized carbons (Fsp3) is 0.381. The number of nitrogens with one attached hydrogen (secondary N) is 1. The third-order valence-corrected chi connectivity index (χ3v) is 5.80. The van der Waals surface area contributed by atoms with E-state index in [1.165, 1.54) is 5.56 Å². The third-order valence-electron chi connectivity index (χ3n) is 4.66. The molecule has 1 N–H and O–H groups in total. The number of para-hydroxylation sites is 1. The van der Waals surface area contributed by atoms with Gasteiger partial charge in [0.25, 0.3) is 0 Å². The van der Waals surface area contributed by atoms with E-state index in [2.05, 4.69) is 22.3 Å². The van der Waals surface area contributed by atoms with Gasteiger partial charge in [-0.05, 0) is 37.1 Å². The highest BCUT2D eigenvalue weighted by Gasteiger charge is 2.29. The van der Waals surface area contributed by atoms with Gasteiger partial charge in [0, 0.05) is 18.0 Å². The Morgan fingerprint density at radius 3 is 2.57 bits per heavy atom. The number of piperidine rings is 1. The molecule has 3 nitrogen and oxygen atoms in total. The molecule has 0 bridgehead atoms. The van der Waals surface area contributed by atoms with E-state index in [0.29, 0.717) is 28.9 Å². The molecule has 1 aliphatic heterocycles. The molecule has 7 heteroatoms. The van der Waals surface area contributed by atoms with Crippen LogP contribution in [0.15, 0.2) is 59.5 Å². The van der Waals surface area contributed by atoms with Gasteiger partial charge < -0.3 is 5.32 Å². The molecule has 0 spiro atoms. The molecule has 2 aromatic carbocycles. The summed E-state index contributed by atoms with van der Waals surface area (Å²) < 4.78 is 37.6. The molecule has 3 rings (SSSR count). The zero-order valence-electron chi connectivity index (χ0n) is 15.4. The topological polar surface area (TPSA) is 32.3 Å². The predicted octanol–water partition coefficient (Wildman–Crippen LogP) is 5.19. The second-order valence-electron chi connectivity index (χ2n) is 6.95. The first kappa shape index (κ1) is 20.7. The second kappa shape index (κ2) is 9.47. The van der Waals surface area contributed by atoms with Crippen LogP contribution in [0.3, 0.4) is 0 Å². The summed E-state index contributed by atoms with van der Waals surface area (Å²) in [7, 11) is 0. The van der Waals surface area contributed by atoms with Crippen molar-refractivity contribution in [2.75, 3.05) is 24.2 Å². The number of thioether (sulfide) groups is 1. The SMILES string of the molecule is O=C(Nc1ccccc1SCC(F)(F)F)C1CCCN(Cc2ccccc2)C1. The highest BCUT2D eigenvalue weighted by molar-refractivity contribution is 7.99. The average Bonchev–Trinajstić information content (AvgIpc) is 2.68. The average molecular weight is 408 g/mol. The molecule has 1 saturated heterocycles. The zero-order valence-corrected chi connectivity index (χ0v) is 16.2. The Bertz CT molecular complexity index is 783. The van der Waals surface area contributed by atoms with E-state index in [4.69, 9.17) is 0 Å². The summed E-state index contributed by atoms with van der Waals surface area (Å²) in [6, 6.07) is 16.8. The van der Waals surface area contributed by atoms with Crippen molar-refractivity contribution in [1.29, 1.82) is 0 Å². The van der Waals surface area contributed by atoms with Crippen molar-refractivity contribution in [2.24, 2.45) is 5.92 Å². The molecule has 1 amide bonds. The molecule has 0 aromatic heterocycles. The molecular weight excluding hydrogens is 385 g/mol. The highest BCUT2D eigenvalue weighted by atomic mass is 32.2. The number of likely N-dealkylation sites (tertiary alicyclic amines) is 1. The quantitative estimate of drug-likeness (QED) is 0.668. The number of benzene rings is 2. The van der Waals surface area contributed by atoms with Crippen LogP contribution >= 0.6 is 11.8 Å². The van der Waals surface area contributed by atoms with Crippen LogP contribution in [-0.2, 0) is 11.3 Å². The van der Waals surface area contributed by atoms with Crippen molar-refractivity contribution in [2.45, 2.75) is 30.5 Å². The first-order chi connectivity index (χ1) is 13.4. The van der Waals surface area contributed by atoms with Gasteiger partial charge in [-0.25, -0.2) is 0 Å². The van der Waals surface area contributed by atoms with Gasteiger partial charge in [0.1, 0.15) is 0 Å². The molecule has 0 saturated carbocycles. The monoisotopic (exact) mass is 408 g/mol. The molecule has 1 heterocycles. The van der Waals surface area contributed by atoms with Crippen LogP contribution < -0.4 is 5.32 Å². The van der Waals surface area contributed by atoms with Crippen molar-refractivity contribution in [3.8, 4) is 0 Å². The zero-order chi connectivity index (χ0) is 20.0. The Kier molecular flexibility index (Phi) is 7.02. The van der Waals surface area contributed by atoms with Crippen molar-refractivity contribution in [3.05, 3.63) is 60.2 Å². The minimum Gasteiger partial charge on any atom is -0.325 e. The van der Waals surface area contributed by atoms with E-state index in [-0.39, 0.29) is 11.8 Å². The molecule has 0 aliphatic carbocycles. The number of amides is 1. The minimum atomic E-state index is -4.25. The summed E-state index contributed by atoms with van der Waals surface area (Å²) >= 11 is 0.695. The van der Waals surface area contributed by atoms with Gasteiger partial charge in [-0.3, -0.25) is 9.69 Å². The summed E-state index contributed by atoms with van der Waals surface area (Å²) in [6.45, 7) is 2.39. The number of hydrogen-bond donors (Lipinski definition) is 1. The van der Waals surface area contributed by atoms with Gasteiger partial charge in [-0.1, -0.05) is 42.5 Å². The number of anilines is 1. The molecule has 150 valence electrons. The predicted molar refractivity (Wildman–Crippen MR) is 106 cm³/mol. The number of hydrogen-bond acceptors (Lipinski definition) is 3.